The van der Waals surface area contributed by atoms with Gasteiger partial charge in [-0.1, -0.05) is 29.8 Å². The van der Waals surface area contributed by atoms with Gasteiger partial charge in [0.25, 0.3) is 0 Å². The molecule has 2 amide bonds. The summed E-state index contributed by atoms with van der Waals surface area (Å²) in [5, 5.41) is 0. The topological polar surface area (TPSA) is 49.6 Å². The van der Waals surface area contributed by atoms with Gasteiger partial charge in [0, 0.05) is 20.1 Å². The molecule has 19 heavy (non-hydrogen) atoms. The van der Waals surface area contributed by atoms with Gasteiger partial charge in [-0.05, 0) is 26.3 Å². The molecule has 0 radical (unpaired) electrons. The highest BCUT2D eigenvalue weighted by molar-refractivity contribution is 5.78. The van der Waals surface area contributed by atoms with E-state index in [1.54, 1.807) is 0 Å². The van der Waals surface area contributed by atoms with Crippen LogP contribution in [-0.4, -0.2) is 41.5 Å². The lowest BCUT2D eigenvalue weighted by molar-refractivity contribution is 0.154. The number of nitrogens with zero attached hydrogens (tertiary/aromatic N) is 2. The minimum absolute atomic E-state index is 0.0574. The molecule has 1 aromatic rings. The fourth-order valence-corrected chi connectivity index (χ4v) is 2.52. The second-order valence-corrected chi connectivity index (χ2v) is 5.95. The Bertz CT molecular complexity index is 484. The third-order valence-electron chi connectivity index (χ3n) is 4.01. The Labute approximate surface area is 115 Å². The molecule has 0 aromatic heterocycles. The molecule has 0 saturated carbocycles. The quantitative estimate of drug-likeness (QED) is 0.906. The molecule has 2 rings (SSSR count). The van der Waals surface area contributed by atoms with Gasteiger partial charge in [-0.15, -0.1) is 0 Å². The zero-order valence-electron chi connectivity index (χ0n) is 12.2. The molecule has 4 heteroatoms. The lowest BCUT2D eigenvalue weighted by atomic mass is 10.0. The van der Waals surface area contributed by atoms with Gasteiger partial charge >= 0.3 is 6.03 Å². The first-order valence-corrected chi connectivity index (χ1v) is 6.68. The van der Waals surface area contributed by atoms with Gasteiger partial charge in [-0.2, -0.15) is 0 Å². The number of likely N-dealkylation sites (N-methyl/N-ethyl adjacent to an activating group) is 1. The van der Waals surface area contributed by atoms with Gasteiger partial charge in [0.05, 0.1) is 11.6 Å². The minimum Gasteiger partial charge on any atom is -0.328 e. The maximum absolute atomic E-state index is 12.4. The Hall–Kier alpha value is -1.55. The minimum atomic E-state index is -0.302. The van der Waals surface area contributed by atoms with Crippen molar-refractivity contribution in [2.45, 2.75) is 32.4 Å². The smallest absolute Gasteiger partial charge is 0.320 e. The molecule has 2 N–H and O–H groups in total. The van der Waals surface area contributed by atoms with Crippen LogP contribution in [0.2, 0.25) is 0 Å². The fourth-order valence-electron chi connectivity index (χ4n) is 2.52. The first kappa shape index (κ1) is 13.9. The maximum Gasteiger partial charge on any atom is 0.320 e. The number of amides is 2. The Kier molecular flexibility index (Phi) is 3.54. The first-order chi connectivity index (χ1) is 8.86. The predicted molar refractivity (Wildman–Crippen MR) is 76.9 cm³/mol. The summed E-state index contributed by atoms with van der Waals surface area (Å²) in [6, 6.07) is 8.51. The molecule has 1 unspecified atom stereocenters. The van der Waals surface area contributed by atoms with Crippen molar-refractivity contribution in [1.82, 2.24) is 9.80 Å². The van der Waals surface area contributed by atoms with Crippen molar-refractivity contribution < 1.29 is 4.79 Å². The van der Waals surface area contributed by atoms with Crippen LogP contribution in [0.15, 0.2) is 24.3 Å². The van der Waals surface area contributed by atoms with Crippen LogP contribution in [0.5, 0.6) is 0 Å². The normalized spacial score (nSPS) is 20.3. The number of aryl methyl sites for hydroxylation is 1. The second kappa shape index (κ2) is 4.85. The Morgan fingerprint density at radius 2 is 2.11 bits per heavy atom. The Morgan fingerprint density at radius 3 is 2.68 bits per heavy atom. The van der Waals surface area contributed by atoms with E-state index in [4.69, 9.17) is 5.73 Å². The number of carbonyl (C=O) groups excluding carboxylic acids is 1. The van der Waals surface area contributed by atoms with Crippen molar-refractivity contribution >= 4 is 6.03 Å². The Balaban J connectivity index is 2.29. The van der Waals surface area contributed by atoms with E-state index in [-0.39, 0.29) is 17.6 Å². The van der Waals surface area contributed by atoms with E-state index in [2.05, 4.69) is 25.1 Å². The van der Waals surface area contributed by atoms with Crippen molar-refractivity contribution in [3.8, 4) is 0 Å². The molecule has 0 bridgehead atoms. The molecule has 0 spiro atoms. The molecular formula is C15H23N3O. The van der Waals surface area contributed by atoms with Gasteiger partial charge in [0.15, 0.2) is 0 Å². The number of urea groups is 1. The van der Waals surface area contributed by atoms with Gasteiger partial charge in [-0.3, -0.25) is 0 Å². The molecule has 1 fully saturated rings. The van der Waals surface area contributed by atoms with Gasteiger partial charge in [-0.25, -0.2) is 4.79 Å². The number of nitrogens with two attached hydrogens (primary N) is 1. The van der Waals surface area contributed by atoms with E-state index in [9.17, 15) is 4.79 Å². The molecule has 1 aliphatic heterocycles. The highest BCUT2D eigenvalue weighted by Crippen LogP contribution is 2.32. The summed E-state index contributed by atoms with van der Waals surface area (Å²) in [5.41, 5.74) is 7.89. The van der Waals surface area contributed by atoms with Crippen LogP contribution >= 0.6 is 0 Å². The van der Waals surface area contributed by atoms with Crippen molar-refractivity contribution in [2.24, 2.45) is 5.73 Å². The van der Waals surface area contributed by atoms with E-state index in [1.807, 2.05) is 36.8 Å². The third-order valence-corrected chi connectivity index (χ3v) is 4.01. The van der Waals surface area contributed by atoms with Crippen molar-refractivity contribution in [3.63, 3.8) is 0 Å². The van der Waals surface area contributed by atoms with Gasteiger partial charge in [0.2, 0.25) is 0 Å². The average molecular weight is 261 g/mol. The van der Waals surface area contributed by atoms with Gasteiger partial charge in [0.1, 0.15) is 0 Å². The number of hydrogen-bond acceptors (Lipinski definition) is 2. The summed E-state index contributed by atoms with van der Waals surface area (Å²) >= 11 is 0. The van der Waals surface area contributed by atoms with E-state index in [0.717, 1.165) is 0 Å². The van der Waals surface area contributed by atoms with Crippen LogP contribution in [0.1, 0.15) is 31.0 Å². The summed E-state index contributed by atoms with van der Waals surface area (Å²) in [6.45, 7) is 7.26. The van der Waals surface area contributed by atoms with Crippen LogP contribution < -0.4 is 5.73 Å². The van der Waals surface area contributed by atoms with Crippen LogP contribution in [0.25, 0.3) is 0 Å². The van der Waals surface area contributed by atoms with Crippen LogP contribution in [-0.2, 0) is 0 Å². The van der Waals surface area contributed by atoms with E-state index >= 15 is 0 Å². The molecule has 1 atom stereocenters. The van der Waals surface area contributed by atoms with Crippen LogP contribution in [0.4, 0.5) is 4.79 Å². The second-order valence-electron chi connectivity index (χ2n) is 5.95. The molecule has 1 heterocycles. The molecule has 1 aliphatic rings. The maximum atomic E-state index is 12.4. The molecule has 104 valence electrons. The zero-order valence-corrected chi connectivity index (χ0v) is 12.2. The summed E-state index contributed by atoms with van der Waals surface area (Å²) < 4.78 is 0. The third kappa shape index (κ3) is 2.45. The van der Waals surface area contributed by atoms with Crippen molar-refractivity contribution in [1.29, 1.82) is 0 Å². The van der Waals surface area contributed by atoms with Crippen LogP contribution in [0, 0.1) is 6.92 Å². The SMILES string of the molecule is Cc1cccc(C2CN(C(C)(C)CN)C(=O)N2C)c1. The monoisotopic (exact) mass is 261 g/mol. The highest BCUT2D eigenvalue weighted by Gasteiger charge is 2.42. The lowest BCUT2D eigenvalue weighted by Gasteiger charge is -2.33. The zero-order chi connectivity index (χ0) is 14.2. The van der Waals surface area contributed by atoms with Gasteiger partial charge < -0.3 is 15.5 Å². The largest absolute Gasteiger partial charge is 0.328 e. The summed E-state index contributed by atoms with van der Waals surface area (Å²) in [5.74, 6) is 0. The number of carbonyl (C=O) groups is 1. The molecular weight excluding hydrogens is 238 g/mol. The predicted octanol–water partition coefficient (Wildman–Crippen LogP) is 2.14. The summed E-state index contributed by atoms with van der Waals surface area (Å²) in [6.07, 6.45) is 0. The van der Waals surface area contributed by atoms with Crippen molar-refractivity contribution in [3.05, 3.63) is 35.4 Å². The molecule has 1 saturated heterocycles. The van der Waals surface area contributed by atoms with E-state index in [1.165, 1.54) is 11.1 Å². The molecule has 1 aromatic carbocycles. The fraction of sp³-hybridized carbons (Fsp3) is 0.533. The van der Waals surface area contributed by atoms with Crippen LogP contribution in [0.3, 0.4) is 0 Å². The number of benzene rings is 1. The van der Waals surface area contributed by atoms with E-state index < -0.39 is 0 Å². The first-order valence-electron chi connectivity index (χ1n) is 6.68. The average Bonchev–Trinajstić information content (AvgIpc) is 2.67. The summed E-state index contributed by atoms with van der Waals surface area (Å²) in [4.78, 5) is 16.1. The standard InChI is InChI=1S/C15H23N3O/c1-11-6-5-7-12(8-11)13-9-18(14(19)17(13)4)15(2,3)10-16/h5-8,13H,9-10,16H2,1-4H3. The lowest BCUT2D eigenvalue weighted by Crippen LogP contribution is -2.50. The molecule has 4 nitrogen and oxygen atoms in total. The highest BCUT2D eigenvalue weighted by atomic mass is 16.2. The van der Waals surface area contributed by atoms with E-state index in [0.29, 0.717) is 13.1 Å². The van der Waals surface area contributed by atoms with Crippen molar-refractivity contribution in [2.75, 3.05) is 20.1 Å². The number of rotatable bonds is 3. The molecule has 0 aliphatic carbocycles. The summed E-state index contributed by atoms with van der Waals surface area (Å²) in [7, 11) is 1.86. The Morgan fingerprint density at radius 1 is 1.42 bits per heavy atom. The number of hydrogen-bond donors (Lipinski definition) is 1.